The van der Waals surface area contributed by atoms with Crippen molar-refractivity contribution in [2.24, 2.45) is 11.8 Å². The number of carbonyl (C=O) groups is 1. The Morgan fingerprint density at radius 2 is 2.29 bits per heavy atom. The molecule has 5 heteroatoms. The minimum Gasteiger partial charge on any atom is -0.383 e. The lowest BCUT2D eigenvalue weighted by atomic mass is 9.88. The molecule has 0 aliphatic carbocycles. The van der Waals surface area contributed by atoms with E-state index >= 15 is 0 Å². The van der Waals surface area contributed by atoms with Gasteiger partial charge >= 0.3 is 0 Å². The van der Waals surface area contributed by atoms with Crippen LogP contribution in [0.5, 0.6) is 0 Å². The Morgan fingerprint density at radius 3 is 2.76 bits per heavy atom. The average molecular weight is 239 g/mol. The molecule has 1 heterocycles. The molecule has 1 fully saturated rings. The van der Waals surface area contributed by atoms with Gasteiger partial charge in [0, 0.05) is 26.1 Å². The minimum atomic E-state index is 0.0341. The van der Waals surface area contributed by atoms with Crippen molar-refractivity contribution in [1.82, 2.24) is 10.2 Å². The Kier molecular flexibility index (Phi) is 5.95. The van der Waals surface area contributed by atoms with Gasteiger partial charge in [0.15, 0.2) is 0 Å². The van der Waals surface area contributed by atoms with E-state index in [4.69, 9.17) is 10.00 Å². The number of nitriles is 1. The fraction of sp³-hybridized carbons (Fsp3) is 0.833. The molecule has 0 aromatic rings. The smallest absolute Gasteiger partial charge is 0.225 e. The molecule has 1 unspecified atom stereocenters. The third-order valence-corrected chi connectivity index (χ3v) is 3.28. The van der Waals surface area contributed by atoms with Gasteiger partial charge in [0.2, 0.25) is 5.91 Å². The summed E-state index contributed by atoms with van der Waals surface area (Å²) in [5, 5.41) is 11.8. The number of hydrogen-bond donors (Lipinski definition) is 1. The van der Waals surface area contributed by atoms with Gasteiger partial charge in [-0.15, -0.1) is 0 Å². The highest BCUT2D eigenvalue weighted by molar-refractivity contribution is 5.79. The number of amides is 1. The fourth-order valence-electron chi connectivity index (χ4n) is 1.87. The number of nitrogens with zero attached hydrogens (tertiary/aromatic N) is 2. The number of carbonyl (C=O) groups excluding carboxylic acids is 1. The van der Waals surface area contributed by atoms with Crippen molar-refractivity contribution in [3.05, 3.63) is 0 Å². The lowest BCUT2D eigenvalue weighted by Crippen LogP contribution is -2.51. The highest BCUT2D eigenvalue weighted by Gasteiger charge is 2.31. The molecular formula is C12H21N3O2. The van der Waals surface area contributed by atoms with E-state index in [9.17, 15) is 4.79 Å². The number of nitrogens with one attached hydrogen (secondary N) is 1. The first-order chi connectivity index (χ1) is 8.20. The third kappa shape index (κ3) is 3.99. The molecule has 0 aromatic carbocycles. The molecule has 5 nitrogen and oxygen atoms in total. The largest absolute Gasteiger partial charge is 0.383 e. The maximum absolute atomic E-state index is 12.2. The van der Waals surface area contributed by atoms with Gasteiger partial charge in [0.25, 0.3) is 0 Å². The summed E-state index contributed by atoms with van der Waals surface area (Å²) in [6, 6.07) is 2.08. The van der Waals surface area contributed by atoms with E-state index in [1.807, 2.05) is 6.92 Å². The van der Waals surface area contributed by atoms with Gasteiger partial charge in [-0.05, 0) is 19.0 Å². The van der Waals surface area contributed by atoms with Crippen molar-refractivity contribution >= 4 is 5.91 Å². The van der Waals surface area contributed by atoms with Crippen LogP contribution in [-0.2, 0) is 9.53 Å². The maximum atomic E-state index is 12.2. The molecule has 1 rings (SSSR count). The molecule has 17 heavy (non-hydrogen) atoms. The molecule has 96 valence electrons. The summed E-state index contributed by atoms with van der Waals surface area (Å²) in [5.41, 5.74) is 0. The summed E-state index contributed by atoms with van der Waals surface area (Å²) in [4.78, 5) is 14.0. The zero-order valence-electron chi connectivity index (χ0n) is 10.6. The zero-order valence-corrected chi connectivity index (χ0v) is 10.6. The van der Waals surface area contributed by atoms with E-state index in [2.05, 4.69) is 11.4 Å². The van der Waals surface area contributed by atoms with E-state index in [1.54, 1.807) is 12.0 Å². The normalized spacial score (nSPS) is 17.0. The number of ether oxygens (including phenoxy) is 1. The van der Waals surface area contributed by atoms with Crippen LogP contribution in [0.25, 0.3) is 0 Å². The summed E-state index contributed by atoms with van der Waals surface area (Å²) >= 11 is 0. The van der Waals surface area contributed by atoms with Crippen molar-refractivity contribution in [3.8, 4) is 6.07 Å². The Hall–Kier alpha value is -1.12. The molecule has 1 atom stereocenters. The third-order valence-electron chi connectivity index (χ3n) is 3.28. The molecule has 0 radical (unpaired) electrons. The first-order valence-electron chi connectivity index (χ1n) is 6.06. The van der Waals surface area contributed by atoms with Crippen LogP contribution in [0.4, 0.5) is 0 Å². The summed E-state index contributed by atoms with van der Waals surface area (Å²) in [6.07, 6.45) is 0.380. The molecule has 1 aliphatic rings. The molecule has 0 bridgehead atoms. The van der Waals surface area contributed by atoms with Gasteiger partial charge in [0.05, 0.1) is 19.1 Å². The molecule has 0 saturated carbocycles. The summed E-state index contributed by atoms with van der Waals surface area (Å²) in [6.45, 7) is 5.41. The van der Waals surface area contributed by atoms with Gasteiger partial charge in [-0.25, -0.2) is 0 Å². The quantitative estimate of drug-likeness (QED) is 0.690. The van der Waals surface area contributed by atoms with E-state index in [0.29, 0.717) is 32.0 Å². The summed E-state index contributed by atoms with van der Waals surface area (Å²) in [5.74, 6) is 0.616. The maximum Gasteiger partial charge on any atom is 0.225 e. The van der Waals surface area contributed by atoms with Crippen LogP contribution in [0.1, 0.15) is 13.3 Å². The second-order valence-electron chi connectivity index (χ2n) is 4.43. The van der Waals surface area contributed by atoms with Gasteiger partial charge in [-0.1, -0.05) is 6.92 Å². The second-order valence-corrected chi connectivity index (χ2v) is 4.43. The van der Waals surface area contributed by atoms with Gasteiger partial charge < -0.3 is 15.0 Å². The standard InChI is InChI=1S/C12H21N3O2/c1-10(11-8-14-9-11)12(16)15(5-3-4-13)6-7-17-2/h10-11,14H,3,5-9H2,1-2H3. The van der Waals surface area contributed by atoms with Crippen LogP contribution in [0.3, 0.4) is 0 Å². The average Bonchev–Trinajstić information content (AvgIpc) is 2.26. The second kappa shape index (κ2) is 7.25. The highest BCUT2D eigenvalue weighted by atomic mass is 16.5. The zero-order chi connectivity index (χ0) is 12.7. The van der Waals surface area contributed by atoms with Crippen LogP contribution >= 0.6 is 0 Å². The van der Waals surface area contributed by atoms with Gasteiger partial charge in [0.1, 0.15) is 0 Å². The molecule has 1 N–H and O–H groups in total. The Labute approximate surface area is 103 Å². The summed E-state index contributed by atoms with van der Waals surface area (Å²) in [7, 11) is 1.62. The monoisotopic (exact) mass is 239 g/mol. The minimum absolute atomic E-state index is 0.0341. The Bertz CT molecular complexity index is 284. The van der Waals surface area contributed by atoms with Crippen LogP contribution in [0.15, 0.2) is 0 Å². The van der Waals surface area contributed by atoms with Gasteiger partial charge in [-0.2, -0.15) is 5.26 Å². The number of hydrogen-bond acceptors (Lipinski definition) is 4. The first kappa shape index (κ1) is 13.9. The van der Waals surface area contributed by atoms with Crippen LogP contribution in [0.2, 0.25) is 0 Å². The Morgan fingerprint density at radius 1 is 1.59 bits per heavy atom. The molecular weight excluding hydrogens is 218 g/mol. The molecule has 1 amide bonds. The topological polar surface area (TPSA) is 65.4 Å². The predicted octanol–water partition coefficient (Wildman–Crippen LogP) is 0.231. The van der Waals surface area contributed by atoms with Crippen molar-refractivity contribution in [1.29, 1.82) is 5.26 Å². The van der Waals surface area contributed by atoms with E-state index in [0.717, 1.165) is 13.1 Å². The van der Waals surface area contributed by atoms with Crippen molar-refractivity contribution in [3.63, 3.8) is 0 Å². The van der Waals surface area contributed by atoms with E-state index in [-0.39, 0.29) is 11.8 Å². The molecule has 0 aromatic heterocycles. The highest BCUT2D eigenvalue weighted by Crippen LogP contribution is 2.18. The Balaban J connectivity index is 2.47. The van der Waals surface area contributed by atoms with Crippen LogP contribution in [0, 0.1) is 23.2 Å². The summed E-state index contributed by atoms with van der Waals surface area (Å²) < 4.78 is 4.99. The molecule has 1 saturated heterocycles. The van der Waals surface area contributed by atoms with E-state index in [1.165, 1.54) is 0 Å². The fourth-order valence-corrected chi connectivity index (χ4v) is 1.87. The lowest BCUT2D eigenvalue weighted by Gasteiger charge is -2.34. The number of methoxy groups -OCH3 is 1. The first-order valence-corrected chi connectivity index (χ1v) is 6.06. The molecule has 1 aliphatic heterocycles. The lowest BCUT2D eigenvalue weighted by molar-refractivity contribution is -0.138. The van der Waals surface area contributed by atoms with Crippen molar-refractivity contribution in [2.45, 2.75) is 13.3 Å². The number of rotatable bonds is 7. The van der Waals surface area contributed by atoms with Gasteiger partial charge in [-0.3, -0.25) is 4.79 Å². The van der Waals surface area contributed by atoms with Crippen molar-refractivity contribution in [2.75, 3.05) is 39.9 Å². The van der Waals surface area contributed by atoms with E-state index < -0.39 is 0 Å². The van der Waals surface area contributed by atoms with Crippen LogP contribution in [-0.4, -0.2) is 50.7 Å². The SMILES string of the molecule is COCCN(CCC#N)C(=O)C(C)C1CNC1. The molecule has 0 spiro atoms. The van der Waals surface area contributed by atoms with Crippen LogP contribution < -0.4 is 5.32 Å². The predicted molar refractivity (Wildman–Crippen MR) is 64.2 cm³/mol. The van der Waals surface area contributed by atoms with Crippen molar-refractivity contribution < 1.29 is 9.53 Å².